The van der Waals surface area contributed by atoms with Crippen LogP contribution in [0.15, 0.2) is 12.7 Å². The molecule has 0 unspecified atom stereocenters. The summed E-state index contributed by atoms with van der Waals surface area (Å²) in [4.78, 5) is 13.0. The van der Waals surface area contributed by atoms with E-state index in [4.69, 9.17) is 0 Å². The SMILES string of the molecule is C=CCCNC(=O)N(CC)CC. The standard InChI is InChI=1S/C9H18N2O/c1-4-7-8-10-9(12)11(5-2)6-3/h4H,1,5-8H2,2-3H3,(H,10,12). The van der Waals surface area contributed by atoms with Gasteiger partial charge in [0.05, 0.1) is 0 Å². The molecule has 0 aromatic carbocycles. The fourth-order valence-electron chi connectivity index (χ4n) is 0.904. The van der Waals surface area contributed by atoms with Crippen molar-refractivity contribution in [3.63, 3.8) is 0 Å². The second-order valence-electron chi connectivity index (χ2n) is 2.48. The summed E-state index contributed by atoms with van der Waals surface area (Å²) in [5.74, 6) is 0. The first-order valence-electron chi connectivity index (χ1n) is 4.39. The molecule has 0 radical (unpaired) electrons. The average molecular weight is 170 g/mol. The van der Waals surface area contributed by atoms with Crippen molar-refractivity contribution in [1.29, 1.82) is 0 Å². The van der Waals surface area contributed by atoms with E-state index in [0.717, 1.165) is 19.5 Å². The zero-order chi connectivity index (χ0) is 9.40. The summed E-state index contributed by atoms with van der Waals surface area (Å²) in [6, 6.07) is 0.0156. The predicted octanol–water partition coefficient (Wildman–Crippen LogP) is 1.61. The summed E-state index contributed by atoms with van der Waals surface area (Å²) >= 11 is 0. The summed E-state index contributed by atoms with van der Waals surface area (Å²) in [6.45, 7) is 9.72. The molecule has 0 aromatic rings. The fraction of sp³-hybridized carbons (Fsp3) is 0.667. The Morgan fingerprint density at radius 3 is 2.50 bits per heavy atom. The smallest absolute Gasteiger partial charge is 0.317 e. The number of carbonyl (C=O) groups is 1. The minimum atomic E-state index is 0.0156. The lowest BCUT2D eigenvalue weighted by molar-refractivity contribution is 0.203. The maximum absolute atomic E-state index is 11.3. The minimum absolute atomic E-state index is 0.0156. The van der Waals surface area contributed by atoms with Gasteiger partial charge in [-0.05, 0) is 20.3 Å². The largest absolute Gasteiger partial charge is 0.338 e. The van der Waals surface area contributed by atoms with Crippen molar-refractivity contribution in [3.8, 4) is 0 Å². The van der Waals surface area contributed by atoms with Crippen LogP contribution in [0.4, 0.5) is 4.79 Å². The van der Waals surface area contributed by atoms with Crippen LogP contribution in [0.25, 0.3) is 0 Å². The van der Waals surface area contributed by atoms with E-state index in [1.807, 2.05) is 13.8 Å². The molecule has 70 valence electrons. The van der Waals surface area contributed by atoms with Crippen molar-refractivity contribution in [2.75, 3.05) is 19.6 Å². The van der Waals surface area contributed by atoms with Crippen LogP contribution in [0.1, 0.15) is 20.3 Å². The lowest BCUT2D eigenvalue weighted by Gasteiger charge is -2.18. The summed E-state index contributed by atoms with van der Waals surface area (Å²) < 4.78 is 0. The number of nitrogens with zero attached hydrogens (tertiary/aromatic N) is 1. The maximum atomic E-state index is 11.3. The molecule has 0 aliphatic carbocycles. The topological polar surface area (TPSA) is 32.3 Å². The highest BCUT2D eigenvalue weighted by atomic mass is 16.2. The molecule has 2 amide bonds. The molecule has 0 rings (SSSR count). The number of urea groups is 1. The van der Waals surface area contributed by atoms with E-state index in [0.29, 0.717) is 6.54 Å². The van der Waals surface area contributed by atoms with E-state index in [2.05, 4.69) is 11.9 Å². The van der Waals surface area contributed by atoms with Crippen LogP contribution in [0.2, 0.25) is 0 Å². The average Bonchev–Trinajstić information content (AvgIpc) is 2.07. The number of rotatable bonds is 5. The van der Waals surface area contributed by atoms with Gasteiger partial charge in [0.1, 0.15) is 0 Å². The van der Waals surface area contributed by atoms with E-state index < -0.39 is 0 Å². The molecular weight excluding hydrogens is 152 g/mol. The van der Waals surface area contributed by atoms with Crippen LogP contribution < -0.4 is 5.32 Å². The molecule has 0 aromatic heterocycles. The Balaban J connectivity index is 3.61. The Bertz CT molecular complexity index is 141. The summed E-state index contributed by atoms with van der Waals surface area (Å²) in [6.07, 6.45) is 2.62. The van der Waals surface area contributed by atoms with Gasteiger partial charge >= 0.3 is 6.03 Å². The molecule has 12 heavy (non-hydrogen) atoms. The fourth-order valence-corrected chi connectivity index (χ4v) is 0.904. The number of nitrogens with one attached hydrogen (secondary N) is 1. The van der Waals surface area contributed by atoms with Crippen molar-refractivity contribution in [1.82, 2.24) is 10.2 Å². The van der Waals surface area contributed by atoms with Gasteiger partial charge in [0.25, 0.3) is 0 Å². The van der Waals surface area contributed by atoms with Gasteiger partial charge in [-0.2, -0.15) is 0 Å². The van der Waals surface area contributed by atoms with Gasteiger partial charge in [-0.15, -0.1) is 6.58 Å². The number of hydrogen-bond acceptors (Lipinski definition) is 1. The second kappa shape index (κ2) is 6.70. The van der Waals surface area contributed by atoms with Crippen LogP contribution in [-0.4, -0.2) is 30.6 Å². The van der Waals surface area contributed by atoms with Crippen LogP contribution in [0.5, 0.6) is 0 Å². The first-order chi connectivity index (χ1) is 5.76. The lowest BCUT2D eigenvalue weighted by Crippen LogP contribution is -2.39. The molecule has 0 atom stereocenters. The highest BCUT2D eigenvalue weighted by molar-refractivity contribution is 5.73. The first-order valence-corrected chi connectivity index (χ1v) is 4.39. The van der Waals surface area contributed by atoms with Gasteiger partial charge in [-0.25, -0.2) is 4.79 Å². The van der Waals surface area contributed by atoms with Gasteiger partial charge in [0.15, 0.2) is 0 Å². The maximum Gasteiger partial charge on any atom is 0.317 e. The third-order valence-corrected chi connectivity index (χ3v) is 1.68. The Morgan fingerprint density at radius 1 is 1.50 bits per heavy atom. The molecule has 0 aliphatic rings. The van der Waals surface area contributed by atoms with Crippen LogP contribution in [0.3, 0.4) is 0 Å². The Kier molecular flexibility index (Phi) is 6.15. The molecule has 0 saturated heterocycles. The van der Waals surface area contributed by atoms with Gasteiger partial charge < -0.3 is 10.2 Å². The van der Waals surface area contributed by atoms with Crippen molar-refractivity contribution in [2.45, 2.75) is 20.3 Å². The van der Waals surface area contributed by atoms with Gasteiger partial charge in [0.2, 0.25) is 0 Å². The van der Waals surface area contributed by atoms with Crippen molar-refractivity contribution in [2.24, 2.45) is 0 Å². The highest BCUT2D eigenvalue weighted by Crippen LogP contribution is 1.87. The van der Waals surface area contributed by atoms with E-state index >= 15 is 0 Å². The van der Waals surface area contributed by atoms with E-state index in [-0.39, 0.29) is 6.03 Å². The molecular formula is C9H18N2O. The van der Waals surface area contributed by atoms with Crippen LogP contribution >= 0.6 is 0 Å². The Hall–Kier alpha value is -0.990. The number of amides is 2. The van der Waals surface area contributed by atoms with Crippen LogP contribution in [-0.2, 0) is 0 Å². The molecule has 1 N–H and O–H groups in total. The predicted molar refractivity (Wildman–Crippen MR) is 51.1 cm³/mol. The quantitative estimate of drug-likeness (QED) is 0.493. The third-order valence-electron chi connectivity index (χ3n) is 1.68. The van der Waals surface area contributed by atoms with Crippen molar-refractivity contribution >= 4 is 6.03 Å². The number of hydrogen-bond donors (Lipinski definition) is 1. The van der Waals surface area contributed by atoms with E-state index in [1.165, 1.54) is 0 Å². The summed E-state index contributed by atoms with van der Waals surface area (Å²) in [7, 11) is 0. The molecule has 0 aliphatic heterocycles. The molecule has 0 heterocycles. The zero-order valence-corrected chi connectivity index (χ0v) is 7.97. The summed E-state index contributed by atoms with van der Waals surface area (Å²) in [5, 5.41) is 2.80. The molecule has 3 nitrogen and oxygen atoms in total. The molecule has 0 spiro atoms. The lowest BCUT2D eigenvalue weighted by atomic mass is 10.4. The monoisotopic (exact) mass is 170 g/mol. The molecule has 0 bridgehead atoms. The van der Waals surface area contributed by atoms with E-state index in [1.54, 1.807) is 11.0 Å². The number of carbonyl (C=O) groups excluding carboxylic acids is 1. The minimum Gasteiger partial charge on any atom is -0.338 e. The zero-order valence-electron chi connectivity index (χ0n) is 7.97. The Labute approximate surface area is 74.4 Å². The summed E-state index contributed by atoms with van der Waals surface area (Å²) in [5.41, 5.74) is 0. The highest BCUT2D eigenvalue weighted by Gasteiger charge is 2.06. The van der Waals surface area contributed by atoms with Crippen molar-refractivity contribution in [3.05, 3.63) is 12.7 Å². The second-order valence-corrected chi connectivity index (χ2v) is 2.48. The normalized spacial score (nSPS) is 9.17. The van der Waals surface area contributed by atoms with Gasteiger partial charge in [-0.3, -0.25) is 0 Å². The van der Waals surface area contributed by atoms with Gasteiger partial charge in [0, 0.05) is 19.6 Å². The molecule has 3 heteroatoms. The van der Waals surface area contributed by atoms with Crippen LogP contribution in [0, 0.1) is 0 Å². The molecule has 0 saturated carbocycles. The van der Waals surface area contributed by atoms with Crippen molar-refractivity contribution < 1.29 is 4.79 Å². The molecule has 0 fully saturated rings. The first kappa shape index (κ1) is 11.0. The third kappa shape index (κ3) is 4.01. The van der Waals surface area contributed by atoms with E-state index in [9.17, 15) is 4.79 Å². The van der Waals surface area contributed by atoms with Gasteiger partial charge in [-0.1, -0.05) is 6.08 Å². The Morgan fingerprint density at radius 2 is 2.08 bits per heavy atom.